The summed E-state index contributed by atoms with van der Waals surface area (Å²) in [7, 11) is 0. The van der Waals surface area contributed by atoms with Crippen LogP contribution in [0.2, 0.25) is 5.02 Å². The largest absolute Gasteiger partial charge is 0.322 e. The van der Waals surface area contributed by atoms with Crippen molar-refractivity contribution in [3.8, 4) is 0 Å². The smallest absolute Gasteiger partial charge is 0.255 e. The van der Waals surface area contributed by atoms with E-state index in [4.69, 9.17) is 11.6 Å². The maximum atomic E-state index is 12.4. The lowest BCUT2D eigenvalue weighted by molar-refractivity contribution is 0.101. The zero-order valence-electron chi connectivity index (χ0n) is 13.5. The van der Waals surface area contributed by atoms with Crippen LogP contribution < -0.4 is 10.6 Å². The molecule has 0 heterocycles. The predicted molar refractivity (Wildman–Crippen MR) is 113 cm³/mol. The summed E-state index contributed by atoms with van der Waals surface area (Å²) in [5.74, 6) is -0.506. The van der Waals surface area contributed by atoms with Gasteiger partial charge in [-0.15, -0.1) is 0 Å². The predicted octanol–water partition coefficient (Wildman–Crippen LogP) is 5.45. The van der Waals surface area contributed by atoms with Gasteiger partial charge in [0.1, 0.15) is 0 Å². The van der Waals surface area contributed by atoms with Gasteiger partial charge in [0, 0.05) is 31.1 Å². The molecule has 0 fully saturated rings. The fourth-order valence-electron chi connectivity index (χ4n) is 2.34. The highest BCUT2D eigenvalue weighted by Crippen LogP contribution is 2.18. The molecule has 3 aromatic rings. The number of rotatable bonds is 4. The van der Waals surface area contributed by atoms with Crippen molar-refractivity contribution in [2.75, 3.05) is 10.6 Å². The Kier molecular flexibility index (Phi) is 5.90. The summed E-state index contributed by atoms with van der Waals surface area (Å²) in [5.41, 5.74) is 2.15. The van der Waals surface area contributed by atoms with Crippen LogP contribution in [0.4, 0.5) is 11.4 Å². The highest BCUT2D eigenvalue weighted by molar-refractivity contribution is 14.1. The Morgan fingerprint density at radius 3 is 1.88 bits per heavy atom. The van der Waals surface area contributed by atoms with Gasteiger partial charge in [-0.2, -0.15) is 0 Å². The van der Waals surface area contributed by atoms with Crippen molar-refractivity contribution in [2.24, 2.45) is 0 Å². The lowest BCUT2D eigenvalue weighted by atomic mass is 10.1. The highest BCUT2D eigenvalue weighted by Gasteiger charge is 2.10. The van der Waals surface area contributed by atoms with E-state index < -0.39 is 0 Å². The van der Waals surface area contributed by atoms with E-state index in [0.29, 0.717) is 27.5 Å². The molecule has 0 saturated carbocycles. The Labute approximate surface area is 169 Å². The summed E-state index contributed by atoms with van der Waals surface area (Å²) in [4.78, 5) is 24.8. The second-order valence-electron chi connectivity index (χ2n) is 5.51. The van der Waals surface area contributed by atoms with Crippen LogP contribution in [-0.4, -0.2) is 11.8 Å². The van der Waals surface area contributed by atoms with Crippen molar-refractivity contribution in [1.29, 1.82) is 0 Å². The van der Waals surface area contributed by atoms with E-state index in [9.17, 15) is 9.59 Å². The minimum absolute atomic E-state index is 0.226. The Hall–Kier alpha value is -2.38. The summed E-state index contributed by atoms with van der Waals surface area (Å²) in [6.45, 7) is 0. The van der Waals surface area contributed by atoms with E-state index >= 15 is 0 Å². The van der Waals surface area contributed by atoms with Crippen LogP contribution in [0.15, 0.2) is 72.8 Å². The molecule has 0 atom stereocenters. The molecule has 0 aliphatic heterocycles. The molecule has 0 aliphatic carbocycles. The molecule has 0 spiro atoms. The van der Waals surface area contributed by atoms with Crippen molar-refractivity contribution >= 4 is 57.4 Å². The van der Waals surface area contributed by atoms with E-state index in [2.05, 4.69) is 33.2 Å². The molecule has 3 aromatic carbocycles. The van der Waals surface area contributed by atoms with Gasteiger partial charge in [0.15, 0.2) is 0 Å². The fraction of sp³-hybridized carbons (Fsp3) is 0. The summed E-state index contributed by atoms with van der Waals surface area (Å²) in [6, 6.07) is 21.0. The van der Waals surface area contributed by atoms with Crippen LogP contribution in [-0.2, 0) is 0 Å². The van der Waals surface area contributed by atoms with Gasteiger partial charge in [0.25, 0.3) is 11.8 Å². The number of carbonyl (C=O) groups is 2. The molecule has 130 valence electrons. The van der Waals surface area contributed by atoms with Crippen LogP contribution in [0.25, 0.3) is 0 Å². The number of benzene rings is 3. The van der Waals surface area contributed by atoms with Crippen molar-refractivity contribution in [1.82, 2.24) is 0 Å². The molecule has 2 N–H and O–H groups in total. The van der Waals surface area contributed by atoms with Crippen LogP contribution in [0.5, 0.6) is 0 Å². The maximum Gasteiger partial charge on any atom is 0.255 e. The van der Waals surface area contributed by atoms with Crippen molar-refractivity contribution in [2.45, 2.75) is 0 Å². The van der Waals surface area contributed by atoms with E-state index in [1.807, 2.05) is 12.1 Å². The standard InChI is InChI=1S/C20H14ClIN2O2/c21-15-6-3-9-18(12-15)24-20(26)14-5-2-8-17(11-14)23-19(25)13-4-1-7-16(22)10-13/h1-12H,(H,23,25)(H,24,26). The minimum Gasteiger partial charge on any atom is -0.322 e. The molecule has 0 aliphatic rings. The van der Waals surface area contributed by atoms with Gasteiger partial charge >= 0.3 is 0 Å². The van der Waals surface area contributed by atoms with Gasteiger partial charge in [-0.25, -0.2) is 0 Å². The fourth-order valence-corrected chi connectivity index (χ4v) is 3.07. The summed E-state index contributed by atoms with van der Waals surface area (Å²) in [5, 5.41) is 6.13. The number of carbonyl (C=O) groups excluding carboxylic acids is 2. The first-order chi connectivity index (χ1) is 12.5. The van der Waals surface area contributed by atoms with Gasteiger partial charge in [0.2, 0.25) is 0 Å². The number of hydrogen-bond donors (Lipinski definition) is 2. The molecule has 0 radical (unpaired) electrons. The van der Waals surface area contributed by atoms with Gasteiger partial charge in [-0.3, -0.25) is 9.59 Å². The molecule has 3 rings (SSSR count). The molecular weight excluding hydrogens is 463 g/mol. The highest BCUT2D eigenvalue weighted by atomic mass is 127. The van der Waals surface area contributed by atoms with Gasteiger partial charge in [-0.05, 0) is 77.2 Å². The summed E-state index contributed by atoms with van der Waals surface area (Å²) < 4.78 is 0.977. The average molecular weight is 477 g/mol. The van der Waals surface area contributed by atoms with E-state index in [-0.39, 0.29) is 11.8 Å². The number of halogens is 2. The van der Waals surface area contributed by atoms with Crippen molar-refractivity contribution in [3.63, 3.8) is 0 Å². The summed E-state index contributed by atoms with van der Waals surface area (Å²) in [6.07, 6.45) is 0. The summed E-state index contributed by atoms with van der Waals surface area (Å²) >= 11 is 8.08. The van der Waals surface area contributed by atoms with E-state index in [1.165, 1.54) is 0 Å². The Balaban J connectivity index is 1.73. The lowest BCUT2D eigenvalue weighted by Crippen LogP contribution is -2.14. The molecule has 0 saturated heterocycles. The number of amides is 2. The molecule has 4 nitrogen and oxygen atoms in total. The third-order valence-corrected chi connectivity index (χ3v) is 4.46. The quantitative estimate of drug-likeness (QED) is 0.492. The third-order valence-electron chi connectivity index (χ3n) is 3.55. The number of anilines is 2. The molecule has 0 aromatic heterocycles. The van der Waals surface area contributed by atoms with Gasteiger partial charge < -0.3 is 10.6 Å². The monoisotopic (exact) mass is 476 g/mol. The van der Waals surface area contributed by atoms with Crippen LogP contribution in [0, 0.1) is 3.57 Å². The third kappa shape index (κ3) is 4.83. The first kappa shape index (κ1) is 18.4. The molecular formula is C20H14ClIN2O2. The van der Waals surface area contributed by atoms with Gasteiger partial charge in [0.05, 0.1) is 0 Å². The molecule has 0 unspecified atom stereocenters. The first-order valence-corrected chi connectivity index (χ1v) is 9.21. The van der Waals surface area contributed by atoms with Crippen LogP contribution in [0.1, 0.15) is 20.7 Å². The zero-order valence-corrected chi connectivity index (χ0v) is 16.4. The number of hydrogen-bond acceptors (Lipinski definition) is 2. The van der Waals surface area contributed by atoms with E-state index in [1.54, 1.807) is 60.7 Å². The van der Waals surface area contributed by atoms with Crippen molar-refractivity contribution < 1.29 is 9.59 Å². The second kappa shape index (κ2) is 8.33. The number of nitrogens with one attached hydrogen (secondary N) is 2. The second-order valence-corrected chi connectivity index (χ2v) is 7.19. The van der Waals surface area contributed by atoms with Crippen molar-refractivity contribution in [3.05, 3.63) is 92.5 Å². The Morgan fingerprint density at radius 1 is 0.731 bits per heavy atom. The van der Waals surface area contributed by atoms with Crippen LogP contribution in [0.3, 0.4) is 0 Å². The molecule has 2 amide bonds. The minimum atomic E-state index is -0.280. The molecule has 0 bridgehead atoms. The van der Waals surface area contributed by atoms with Crippen LogP contribution >= 0.6 is 34.2 Å². The molecule has 6 heteroatoms. The normalized spacial score (nSPS) is 10.2. The average Bonchev–Trinajstić information content (AvgIpc) is 2.62. The SMILES string of the molecule is O=C(Nc1cccc(C(=O)Nc2cccc(Cl)c2)c1)c1cccc(I)c1. The maximum absolute atomic E-state index is 12.4. The lowest BCUT2D eigenvalue weighted by Gasteiger charge is -2.09. The van der Waals surface area contributed by atoms with Gasteiger partial charge in [-0.1, -0.05) is 29.8 Å². The van der Waals surface area contributed by atoms with E-state index in [0.717, 1.165) is 3.57 Å². The zero-order chi connectivity index (χ0) is 18.5. The Bertz CT molecular complexity index is 975. The molecule has 26 heavy (non-hydrogen) atoms. The topological polar surface area (TPSA) is 58.2 Å². The Morgan fingerprint density at radius 2 is 1.27 bits per heavy atom. The first-order valence-electron chi connectivity index (χ1n) is 7.75.